The van der Waals surface area contributed by atoms with Crippen molar-refractivity contribution in [2.45, 2.75) is 40.0 Å². The van der Waals surface area contributed by atoms with E-state index in [1.807, 2.05) is 12.1 Å². The number of hydrogen-bond donors (Lipinski definition) is 1. The smallest absolute Gasteiger partial charge is 0.278 e. The van der Waals surface area contributed by atoms with Gasteiger partial charge in [0.2, 0.25) is 0 Å². The molecule has 6 heteroatoms. The van der Waals surface area contributed by atoms with E-state index in [1.54, 1.807) is 13.8 Å². The van der Waals surface area contributed by atoms with E-state index >= 15 is 0 Å². The number of rotatable bonds is 6. The Labute approximate surface area is 165 Å². The summed E-state index contributed by atoms with van der Waals surface area (Å²) in [5.41, 5.74) is 2.65. The largest absolute Gasteiger partial charge is 0.351 e. The Bertz CT molecular complexity index is 871. The molecule has 1 aromatic carbocycles. The Hall–Kier alpha value is -2.94. The van der Waals surface area contributed by atoms with E-state index in [0.717, 1.165) is 12.0 Å². The molecule has 1 amide bonds. The van der Waals surface area contributed by atoms with Gasteiger partial charge in [0.25, 0.3) is 12.3 Å². The molecule has 148 valence electrons. The van der Waals surface area contributed by atoms with Crippen LogP contribution in [-0.4, -0.2) is 36.5 Å². The van der Waals surface area contributed by atoms with Crippen LogP contribution in [0.1, 0.15) is 31.9 Å². The molecule has 1 N–H and O–H groups in total. The maximum Gasteiger partial charge on any atom is 0.278 e. The Morgan fingerprint density at radius 1 is 1.25 bits per heavy atom. The van der Waals surface area contributed by atoms with Gasteiger partial charge < -0.3 is 10.2 Å². The molecule has 0 unspecified atom stereocenters. The lowest BCUT2D eigenvalue weighted by molar-refractivity contribution is -0.117. The molecule has 1 aliphatic rings. The predicted molar refractivity (Wildman–Crippen MR) is 108 cm³/mol. The lowest BCUT2D eigenvalue weighted by atomic mass is 10.1. The van der Waals surface area contributed by atoms with Crippen molar-refractivity contribution in [1.29, 1.82) is 0 Å². The third kappa shape index (κ3) is 5.29. The first-order chi connectivity index (χ1) is 13.4. The maximum absolute atomic E-state index is 13.3. The van der Waals surface area contributed by atoms with Crippen molar-refractivity contribution in [1.82, 2.24) is 10.2 Å². The average Bonchev–Trinajstić information content (AvgIpc) is 2.68. The fourth-order valence-electron chi connectivity index (χ4n) is 2.83. The first-order valence-electron chi connectivity index (χ1n) is 9.19. The monoisotopic (exact) mass is 385 g/mol. The number of alkyl halides is 2. The Balaban J connectivity index is 2.15. The van der Waals surface area contributed by atoms with Gasteiger partial charge in [-0.25, -0.2) is 13.8 Å². The third-order valence-electron chi connectivity index (χ3n) is 4.40. The highest BCUT2D eigenvalue weighted by Gasteiger charge is 2.26. The van der Waals surface area contributed by atoms with Gasteiger partial charge in [-0.3, -0.25) is 4.79 Å². The second kappa shape index (κ2) is 9.84. The summed E-state index contributed by atoms with van der Waals surface area (Å²) in [5, 5.41) is 2.82. The Morgan fingerprint density at radius 2 is 1.89 bits per heavy atom. The number of nitrogens with zero attached hydrogens (tertiary/aromatic N) is 2. The number of nitrogens with one attached hydrogen (secondary N) is 1. The summed E-state index contributed by atoms with van der Waals surface area (Å²) in [4.78, 5) is 18.2. The zero-order chi connectivity index (χ0) is 20.7. The molecule has 0 aliphatic carbocycles. The molecule has 0 aromatic heterocycles. The van der Waals surface area contributed by atoms with Crippen molar-refractivity contribution in [3.05, 3.63) is 58.6 Å². The highest BCUT2D eigenvalue weighted by atomic mass is 19.3. The van der Waals surface area contributed by atoms with Crippen LogP contribution in [0.25, 0.3) is 0 Å². The van der Waals surface area contributed by atoms with Crippen molar-refractivity contribution in [3.8, 4) is 11.8 Å². The van der Waals surface area contributed by atoms with Crippen LogP contribution in [0, 0.1) is 11.8 Å². The van der Waals surface area contributed by atoms with Crippen LogP contribution < -0.4 is 5.32 Å². The van der Waals surface area contributed by atoms with Gasteiger partial charge in [0.1, 0.15) is 5.57 Å². The second-order valence-electron chi connectivity index (χ2n) is 6.43. The third-order valence-corrected chi connectivity index (χ3v) is 4.40. The molecule has 1 heterocycles. The molecule has 0 atom stereocenters. The van der Waals surface area contributed by atoms with Crippen molar-refractivity contribution in [2.24, 2.45) is 4.99 Å². The summed E-state index contributed by atoms with van der Waals surface area (Å²) < 4.78 is 26.6. The molecule has 1 aliphatic heterocycles. The zero-order valence-electron chi connectivity index (χ0n) is 16.6. The molecule has 1 aromatic rings. The summed E-state index contributed by atoms with van der Waals surface area (Å²) in [6, 6.07) is 8.22. The van der Waals surface area contributed by atoms with Crippen LogP contribution in [0.4, 0.5) is 8.78 Å². The minimum atomic E-state index is -2.67. The number of amides is 1. The number of carbonyl (C=O) groups excluding carboxylic acids is 1. The van der Waals surface area contributed by atoms with Crippen molar-refractivity contribution in [2.75, 3.05) is 13.6 Å². The van der Waals surface area contributed by atoms with Crippen LogP contribution in [0.3, 0.4) is 0 Å². The van der Waals surface area contributed by atoms with Gasteiger partial charge in [0.05, 0.1) is 5.70 Å². The second-order valence-corrected chi connectivity index (χ2v) is 6.43. The van der Waals surface area contributed by atoms with E-state index in [2.05, 4.69) is 41.2 Å². The fraction of sp³-hybridized carbons (Fsp3) is 0.364. The SMILES string of the molecule is CC#C/C(C(=O)NCCc1ccc(CC)cc1)=C1/N=C(C)C=C(C(F)F)N1C. The van der Waals surface area contributed by atoms with Crippen molar-refractivity contribution < 1.29 is 13.6 Å². The predicted octanol–water partition coefficient (Wildman–Crippen LogP) is 3.70. The van der Waals surface area contributed by atoms with Gasteiger partial charge in [0.15, 0.2) is 5.82 Å². The highest BCUT2D eigenvalue weighted by Crippen LogP contribution is 2.25. The number of aryl methyl sites for hydroxylation is 1. The molecular formula is C22H25F2N3O. The molecule has 4 nitrogen and oxygen atoms in total. The van der Waals surface area contributed by atoms with E-state index in [-0.39, 0.29) is 17.1 Å². The van der Waals surface area contributed by atoms with Gasteiger partial charge in [-0.1, -0.05) is 37.1 Å². The number of hydrogen-bond acceptors (Lipinski definition) is 3. The first-order valence-corrected chi connectivity index (χ1v) is 9.19. The highest BCUT2D eigenvalue weighted by molar-refractivity contribution is 6.01. The Morgan fingerprint density at radius 3 is 2.46 bits per heavy atom. The van der Waals surface area contributed by atoms with Crippen molar-refractivity contribution >= 4 is 11.6 Å². The van der Waals surface area contributed by atoms with Gasteiger partial charge >= 0.3 is 0 Å². The average molecular weight is 385 g/mol. The number of aliphatic imine (C=N–C) groups is 1. The molecule has 0 bridgehead atoms. The summed E-state index contributed by atoms with van der Waals surface area (Å²) in [5.74, 6) is 5.11. The van der Waals surface area contributed by atoms with E-state index in [9.17, 15) is 13.6 Å². The first kappa shape index (κ1) is 21.4. The Kier molecular flexibility index (Phi) is 7.51. The lowest BCUT2D eigenvalue weighted by Crippen LogP contribution is -2.32. The minimum absolute atomic E-state index is 0.0805. The normalized spacial score (nSPS) is 15.5. The van der Waals surface area contributed by atoms with Crippen LogP contribution in [0.2, 0.25) is 0 Å². The van der Waals surface area contributed by atoms with E-state index in [0.29, 0.717) is 18.7 Å². The number of allylic oxidation sites excluding steroid dienone is 2. The summed E-state index contributed by atoms with van der Waals surface area (Å²) in [7, 11) is 1.46. The molecular weight excluding hydrogens is 360 g/mol. The van der Waals surface area contributed by atoms with E-state index in [4.69, 9.17) is 0 Å². The van der Waals surface area contributed by atoms with Crippen LogP contribution in [-0.2, 0) is 17.6 Å². The van der Waals surface area contributed by atoms with Gasteiger partial charge in [-0.2, -0.15) is 0 Å². The molecule has 0 saturated carbocycles. The van der Waals surface area contributed by atoms with Crippen LogP contribution in [0.5, 0.6) is 0 Å². The number of benzene rings is 1. The number of carbonyl (C=O) groups is 1. The molecule has 2 rings (SSSR count). The van der Waals surface area contributed by atoms with Crippen molar-refractivity contribution in [3.63, 3.8) is 0 Å². The van der Waals surface area contributed by atoms with Gasteiger partial charge in [-0.15, -0.1) is 5.92 Å². The standard InChI is InChI=1S/C22H25F2N3O/c1-5-7-18(21-26-15(3)14-19(20(23)24)27(21)4)22(28)25-13-12-17-10-8-16(6-2)9-11-17/h8-11,14,20H,6,12-13H2,1-4H3,(H,25,28)/b21-18+. The molecule has 0 saturated heterocycles. The maximum atomic E-state index is 13.3. The quantitative estimate of drug-likeness (QED) is 0.600. The lowest BCUT2D eigenvalue weighted by Gasteiger charge is -2.27. The zero-order valence-corrected chi connectivity index (χ0v) is 16.6. The van der Waals surface area contributed by atoms with E-state index in [1.165, 1.54) is 23.6 Å². The van der Waals surface area contributed by atoms with Crippen LogP contribution >= 0.6 is 0 Å². The van der Waals surface area contributed by atoms with E-state index < -0.39 is 12.3 Å². The topological polar surface area (TPSA) is 44.7 Å². The van der Waals surface area contributed by atoms with Gasteiger partial charge in [-0.05, 0) is 43.9 Å². The molecule has 0 spiro atoms. The number of halogens is 2. The molecule has 28 heavy (non-hydrogen) atoms. The summed E-state index contributed by atoms with van der Waals surface area (Å²) in [6.45, 7) is 5.72. The van der Waals surface area contributed by atoms with Gasteiger partial charge in [0, 0.05) is 19.3 Å². The summed E-state index contributed by atoms with van der Waals surface area (Å²) >= 11 is 0. The molecule has 0 fully saturated rings. The fourth-order valence-corrected chi connectivity index (χ4v) is 2.83. The molecule has 0 radical (unpaired) electrons. The van der Waals surface area contributed by atoms with Crippen LogP contribution in [0.15, 0.2) is 52.4 Å². The summed E-state index contributed by atoms with van der Waals surface area (Å²) in [6.07, 6.45) is 0.281. The minimum Gasteiger partial charge on any atom is -0.351 e.